The first-order valence-electron chi connectivity index (χ1n) is 6.96. The van der Waals surface area contributed by atoms with Gasteiger partial charge in [0.05, 0.1) is 5.54 Å². The Labute approximate surface area is 100 Å². The molecule has 1 saturated heterocycles. The molecule has 94 valence electrons. The summed E-state index contributed by atoms with van der Waals surface area (Å²) in [6, 6.07) is 0. The number of carbonyl (C=O) groups excluding carboxylic acids is 1. The fourth-order valence-electron chi connectivity index (χ4n) is 2.86. The van der Waals surface area contributed by atoms with Gasteiger partial charge in [0.1, 0.15) is 0 Å². The lowest BCUT2D eigenvalue weighted by Gasteiger charge is -2.29. The van der Waals surface area contributed by atoms with Crippen molar-refractivity contribution < 1.29 is 4.79 Å². The molecular weight excluding hydrogens is 198 g/mol. The molecule has 2 nitrogen and oxygen atoms in total. The van der Waals surface area contributed by atoms with Crippen LogP contribution in [0.3, 0.4) is 0 Å². The van der Waals surface area contributed by atoms with Crippen molar-refractivity contribution in [1.29, 1.82) is 0 Å². The second-order valence-corrected chi connectivity index (χ2v) is 5.17. The van der Waals surface area contributed by atoms with Crippen LogP contribution in [0.1, 0.15) is 65.7 Å². The average molecular weight is 225 g/mol. The summed E-state index contributed by atoms with van der Waals surface area (Å²) in [6.07, 6.45) is 7.37. The maximum absolute atomic E-state index is 12.4. The SMILES string of the molecule is CCCC1(C(=O)CC(CC)CC)CCCN1. The Morgan fingerprint density at radius 3 is 2.44 bits per heavy atom. The van der Waals surface area contributed by atoms with Gasteiger partial charge in [-0.25, -0.2) is 0 Å². The zero-order chi connectivity index (χ0) is 12.0. The third kappa shape index (κ3) is 3.07. The Bertz CT molecular complexity index is 215. The van der Waals surface area contributed by atoms with E-state index >= 15 is 0 Å². The van der Waals surface area contributed by atoms with E-state index in [1.165, 1.54) is 0 Å². The van der Waals surface area contributed by atoms with Crippen LogP contribution < -0.4 is 5.32 Å². The van der Waals surface area contributed by atoms with Gasteiger partial charge in [-0.15, -0.1) is 0 Å². The monoisotopic (exact) mass is 225 g/mol. The van der Waals surface area contributed by atoms with E-state index in [1.54, 1.807) is 0 Å². The van der Waals surface area contributed by atoms with Crippen molar-refractivity contribution in [3.8, 4) is 0 Å². The summed E-state index contributed by atoms with van der Waals surface area (Å²) in [5.74, 6) is 1.06. The van der Waals surface area contributed by atoms with E-state index in [1.807, 2.05) is 0 Å². The summed E-state index contributed by atoms with van der Waals surface area (Å²) >= 11 is 0. The van der Waals surface area contributed by atoms with Gasteiger partial charge in [-0.1, -0.05) is 40.0 Å². The van der Waals surface area contributed by atoms with Gasteiger partial charge in [0.2, 0.25) is 0 Å². The van der Waals surface area contributed by atoms with Crippen molar-refractivity contribution in [3.63, 3.8) is 0 Å². The summed E-state index contributed by atoms with van der Waals surface area (Å²) in [5, 5.41) is 3.47. The number of Topliss-reactive ketones (excluding diaryl/α,β-unsaturated/α-hetero) is 1. The van der Waals surface area contributed by atoms with Crippen LogP contribution in [0.2, 0.25) is 0 Å². The van der Waals surface area contributed by atoms with Gasteiger partial charge in [-0.3, -0.25) is 4.79 Å². The molecule has 1 aliphatic rings. The molecule has 1 unspecified atom stereocenters. The number of carbonyl (C=O) groups is 1. The number of nitrogens with one attached hydrogen (secondary N) is 1. The Hall–Kier alpha value is -0.370. The number of hydrogen-bond donors (Lipinski definition) is 1. The third-order valence-electron chi connectivity index (χ3n) is 4.08. The second-order valence-electron chi connectivity index (χ2n) is 5.17. The molecule has 1 fully saturated rings. The van der Waals surface area contributed by atoms with Gasteiger partial charge in [-0.05, 0) is 31.7 Å². The number of ketones is 1. The Morgan fingerprint density at radius 1 is 1.31 bits per heavy atom. The van der Waals surface area contributed by atoms with Crippen molar-refractivity contribution in [3.05, 3.63) is 0 Å². The van der Waals surface area contributed by atoms with Crippen molar-refractivity contribution in [2.75, 3.05) is 6.54 Å². The minimum Gasteiger partial charge on any atom is -0.305 e. The van der Waals surface area contributed by atoms with Crippen LogP contribution in [-0.4, -0.2) is 17.9 Å². The molecule has 1 atom stereocenters. The summed E-state index contributed by atoms with van der Waals surface area (Å²) in [7, 11) is 0. The van der Waals surface area contributed by atoms with Crippen LogP contribution in [0, 0.1) is 5.92 Å². The van der Waals surface area contributed by atoms with E-state index in [2.05, 4.69) is 26.1 Å². The van der Waals surface area contributed by atoms with Crippen LogP contribution in [0.4, 0.5) is 0 Å². The molecule has 0 aromatic carbocycles. The maximum Gasteiger partial charge on any atom is 0.153 e. The molecule has 1 N–H and O–H groups in total. The zero-order valence-electron chi connectivity index (χ0n) is 11.1. The summed E-state index contributed by atoms with van der Waals surface area (Å²) in [6.45, 7) is 7.58. The molecule has 0 aromatic heterocycles. The quantitative estimate of drug-likeness (QED) is 0.720. The lowest BCUT2D eigenvalue weighted by molar-refractivity contribution is -0.126. The van der Waals surface area contributed by atoms with E-state index in [0.29, 0.717) is 11.7 Å². The maximum atomic E-state index is 12.4. The van der Waals surface area contributed by atoms with Gasteiger partial charge >= 0.3 is 0 Å². The highest BCUT2D eigenvalue weighted by Crippen LogP contribution is 2.29. The van der Waals surface area contributed by atoms with Crippen LogP contribution in [0.15, 0.2) is 0 Å². The van der Waals surface area contributed by atoms with Crippen molar-refractivity contribution >= 4 is 5.78 Å². The topological polar surface area (TPSA) is 29.1 Å². The van der Waals surface area contributed by atoms with E-state index in [-0.39, 0.29) is 5.54 Å². The van der Waals surface area contributed by atoms with Crippen LogP contribution >= 0.6 is 0 Å². The smallest absolute Gasteiger partial charge is 0.153 e. The molecule has 0 aromatic rings. The lowest BCUT2D eigenvalue weighted by Crippen LogP contribution is -2.48. The van der Waals surface area contributed by atoms with E-state index in [0.717, 1.165) is 51.5 Å². The Kier molecular flexibility index (Phi) is 5.47. The molecule has 1 heterocycles. The predicted octanol–water partition coefficient (Wildman–Crippen LogP) is 3.30. The standard InChI is InChI=1S/C14H27NO/c1-4-8-14(9-7-10-15-14)13(16)11-12(5-2)6-3/h12,15H,4-11H2,1-3H3. The van der Waals surface area contributed by atoms with Crippen LogP contribution in [0.25, 0.3) is 0 Å². The first-order valence-corrected chi connectivity index (χ1v) is 6.96. The Balaban J connectivity index is 2.60. The van der Waals surface area contributed by atoms with Gasteiger partial charge in [-0.2, -0.15) is 0 Å². The van der Waals surface area contributed by atoms with Crippen LogP contribution in [-0.2, 0) is 4.79 Å². The van der Waals surface area contributed by atoms with Crippen molar-refractivity contribution in [1.82, 2.24) is 5.32 Å². The highest BCUT2D eigenvalue weighted by molar-refractivity contribution is 5.88. The lowest BCUT2D eigenvalue weighted by atomic mass is 9.82. The van der Waals surface area contributed by atoms with Gasteiger partial charge < -0.3 is 5.32 Å². The van der Waals surface area contributed by atoms with Crippen LogP contribution in [0.5, 0.6) is 0 Å². The molecule has 1 rings (SSSR count). The molecule has 0 bridgehead atoms. The van der Waals surface area contributed by atoms with Crippen molar-refractivity contribution in [2.45, 2.75) is 71.3 Å². The highest BCUT2D eigenvalue weighted by Gasteiger charge is 2.39. The summed E-state index contributed by atoms with van der Waals surface area (Å²) in [5.41, 5.74) is -0.155. The predicted molar refractivity (Wildman–Crippen MR) is 68.6 cm³/mol. The molecule has 0 spiro atoms. The molecule has 0 radical (unpaired) electrons. The largest absolute Gasteiger partial charge is 0.305 e. The third-order valence-corrected chi connectivity index (χ3v) is 4.08. The number of hydrogen-bond acceptors (Lipinski definition) is 2. The fraction of sp³-hybridized carbons (Fsp3) is 0.929. The van der Waals surface area contributed by atoms with Crippen molar-refractivity contribution in [2.24, 2.45) is 5.92 Å². The second kappa shape index (κ2) is 6.39. The van der Waals surface area contributed by atoms with E-state index in [4.69, 9.17) is 0 Å². The van der Waals surface area contributed by atoms with Gasteiger partial charge in [0, 0.05) is 6.42 Å². The molecule has 2 heteroatoms. The summed E-state index contributed by atoms with van der Waals surface area (Å²) in [4.78, 5) is 12.4. The van der Waals surface area contributed by atoms with Gasteiger partial charge in [0.15, 0.2) is 5.78 Å². The number of rotatable bonds is 7. The Morgan fingerprint density at radius 2 is 2.00 bits per heavy atom. The first-order chi connectivity index (χ1) is 7.68. The minimum atomic E-state index is -0.155. The highest BCUT2D eigenvalue weighted by atomic mass is 16.1. The first kappa shape index (κ1) is 13.7. The average Bonchev–Trinajstić information content (AvgIpc) is 2.76. The molecule has 0 aliphatic carbocycles. The van der Waals surface area contributed by atoms with Gasteiger partial charge in [0.25, 0.3) is 0 Å². The minimum absolute atomic E-state index is 0.155. The molecule has 0 amide bonds. The molecular formula is C14H27NO. The molecule has 16 heavy (non-hydrogen) atoms. The molecule has 0 saturated carbocycles. The van der Waals surface area contributed by atoms with E-state index < -0.39 is 0 Å². The van der Waals surface area contributed by atoms with E-state index in [9.17, 15) is 4.79 Å². The normalized spacial score (nSPS) is 25.2. The molecule has 1 aliphatic heterocycles. The summed E-state index contributed by atoms with van der Waals surface area (Å²) < 4.78 is 0. The zero-order valence-corrected chi connectivity index (χ0v) is 11.1. The fourth-order valence-corrected chi connectivity index (χ4v) is 2.86.